The molecule has 10 heteroatoms. The monoisotopic (exact) mass is 599 g/mol. The van der Waals surface area contributed by atoms with Gasteiger partial charge in [0.15, 0.2) is 0 Å². The van der Waals surface area contributed by atoms with E-state index in [0.29, 0.717) is 18.7 Å². The molecular formula is C31H38ClN3O5S. The molecule has 0 bridgehead atoms. The standard InChI is InChI=1S/C31H38ClN3O5S/c1-6-28(31(37)33-19-22(2)3)34(20-24-13-15-25(40-5)16-14-24)30(36)21-35(29-10-8-7-9-27(29)32)41(38,39)26-17-11-23(4)12-18-26/h7-18,22,28H,6,19-21H2,1-5H3,(H,33,37). The average Bonchev–Trinajstić information content (AvgIpc) is 2.95. The zero-order valence-electron chi connectivity index (χ0n) is 24.1. The Labute approximate surface area is 248 Å². The molecule has 1 N–H and O–H groups in total. The molecular weight excluding hydrogens is 562 g/mol. The van der Waals surface area contributed by atoms with Gasteiger partial charge >= 0.3 is 0 Å². The van der Waals surface area contributed by atoms with Crippen molar-refractivity contribution < 1.29 is 22.7 Å². The molecule has 3 rings (SSSR count). The van der Waals surface area contributed by atoms with E-state index in [1.165, 1.54) is 17.0 Å². The Bertz CT molecular complexity index is 1430. The summed E-state index contributed by atoms with van der Waals surface area (Å²) in [6, 6.07) is 19.2. The van der Waals surface area contributed by atoms with Crippen LogP contribution in [0.2, 0.25) is 5.02 Å². The van der Waals surface area contributed by atoms with E-state index in [1.807, 2.05) is 39.8 Å². The van der Waals surface area contributed by atoms with Crippen LogP contribution in [-0.2, 0) is 26.2 Å². The summed E-state index contributed by atoms with van der Waals surface area (Å²) in [5.74, 6) is 0.0386. The zero-order valence-corrected chi connectivity index (χ0v) is 25.7. The molecule has 0 aliphatic carbocycles. The first-order valence-electron chi connectivity index (χ1n) is 13.5. The number of ether oxygens (including phenoxy) is 1. The van der Waals surface area contributed by atoms with Gasteiger partial charge in [0, 0.05) is 13.1 Å². The number of aryl methyl sites for hydroxylation is 1. The summed E-state index contributed by atoms with van der Waals surface area (Å²) >= 11 is 6.46. The van der Waals surface area contributed by atoms with Crippen LogP contribution in [0.1, 0.15) is 38.3 Å². The number of nitrogens with zero attached hydrogens (tertiary/aromatic N) is 2. The summed E-state index contributed by atoms with van der Waals surface area (Å²) < 4.78 is 34.1. The molecule has 0 aliphatic heterocycles. The van der Waals surface area contributed by atoms with Crippen molar-refractivity contribution in [1.29, 1.82) is 0 Å². The van der Waals surface area contributed by atoms with Crippen LogP contribution >= 0.6 is 11.6 Å². The van der Waals surface area contributed by atoms with Gasteiger partial charge in [-0.1, -0.05) is 74.3 Å². The predicted octanol–water partition coefficient (Wildman–Crippen LogP) is 5.43. The highest BCUT2D eigenvalue weighted by atomic mass is 35.5. The number of anilines is 1. The number of rotatable bonds is 13. The van der Waals surface area contributed by atoms with E-state index in [2.05, 4.69) is 5.32 Å². The fourth-order valence-electron chi connectivity index (χ4n) is 4.27. The maximum atomic E-state index is 14.1. The van der Waals surface area contributed by atoms with E-state index in [4.69, 9.17) is 16.3 Å². The minimum Gasteiger partial charge on any atom is -0.497 e. The molecule has 0 aliphatic rings. The van der Waals surface area contributed by atoms with Gasteiger partial charge in [-0.05, 0) is 61.2 Å². The summed E-state index contributed by atoms with van der Waals surface area (Å²) in [5, 5.41) is 3.10. The molecule has 0 radical (unpaired) electrons. The average molecular weight is 600 g/mol. The third-order valence-electron chi connectivity index (χ3n) is 6.59. The van der Waals surface area contributed by atoms with Gasteiger partial charge in [-0.2, -0.15) is 0 Å². The van der Waals surface area contributed by atoms with Gasteiger partial charge < -0.3 is 15.0 Å². The second-order valence-corrected chi connectivity index (χ2v) is 12.5. The molecule has 1 unspecified atom stereocenters. The Kier molecular flexibility index (Phi) is 11.2. The number of hydrogen-bond donors (Lipinski definition) is 1. The topological polar surface area (TPSA) is 96.0 Å². The van der Waals surface area contributed by atoms with E-state index in [-0.39, 0.29) is 34.0 Å². The minimum atomic E-state index is -4.19. The summed E-state index contributed by atoms with van der Waals surface area (Å²) in [6.07, 6.45) is 0.336. The quantitative estimate of drug-likeness (QED) is 0.283. The number of amides is 2. The van der Waals surface area contributed by atoms with E-state index in [0.717, 1.165) is 15.4 Å². The lowest BCUT2D eigenvalue weighted by molar-refractivity contribution is -0.140. The lowest BCUT2D eigenvalue weighted by atomic mass is 10.1. The summed E-state index contributed by atoms with van der Waals surface area (Å²) in [4.78, 5) is 28.9. The zero-order chi connectivity index (χ0) is 30.2. The Morgan fingerprint density at radius 1 is 0.976 bits per heavy atom. The Hall–Kier alpha value is -3.56. The van der Waals surface area contributed by atoms with Gasteiger partial charge in [-0.15, -0.1) is 0 Å². The molecule has 0 aromatic heterocycles. The second-order valence-electron chi connectivity index (χ2n) is 10.2. The number of sulfonamides is 1. The lowest BCUT2D eigenvalue weighted by Crippen LogP contribution is -2.52. The van der Waals surface area contributed by atoms with Crippen molar-refractivity contribution in [2.45, 2.75) is 51.6 Å². The van der Waals surface area contributed by atoms with Crippen LogP contribution in [0.3, 0.4) is 0 Å². The number of carbonyl (C=O) groups excluding carboxylic acids is 2. The predicted molar refractivity (Wildman–Crippen MR) is 163 cm³/mol. The van der Waals surface area contributed by atoms with Gasteiger partial charge in [0.05, 0.1) is 22.7 Å². The number of halogens is 1. The number of para-hydroxylation sites is 1. The van der Waals surface area contributed by atoms with Crippen molar-refractivity contribution in [3.05, 3.63) is 88.9 Å². The molecule has 220 valence electrons. The second kappa shape index (κ2) is 14.4. The van der Waals surface area contributed by atoms with Crippen LogP contribution in [0.4, 0.5) is 5.69 Å². The Morgan fingerprint density at radius 3 is 2.17 bits per heavy atom. The molecule has 2 amide bonds. The fraction of sp³-hybridized carbons (Fsp3) is 0.355. The number of nitrogens with one attached hydrogen (secondary N) is 1. The smallest absolute Gasteiger partial charge is 0.264 e. The van der Waals surface area contributed by atoms with Gasteiger partial charge in [0.1, 0.15) is 18.3 Å². The van der Waals surface area contributed by atoms with Crippen molar-refractivity contribution in [3.8, 4) is 5.75 Å². The highest BCUT2D eigenvalue weighted by Gasteiger charge is 2.34. The largest absolute Gasteiger partial charge is 0.497 e. The van der Waals surface area contributed by atoms with Crippen molar-refractivity contribution in [2.24, 2.45) is 5.92 Å². The van der Waals surface area contributed by atoms with Gasteiger partial charge in [-0.25, -0.2) is 8.42 Å². The number of methoxy groups -OCH3 is 1. The third kappa shape index (κ3) is 8.24. The molecule has 0 heterocycles. The molecule has 3 aromatic rings. The first-order valence-corrected chi connectivity index (χ1v) is 15.3. The van der Waals surface area contributed by atoms with Gasteiger partial charge in [0.25, 0.3) is 10.0 Å². The normalized spacial score (nSPS) is 12.1. The molecule has 0 fully saturated rings. The summed E-state index contributed by atoms with van der Waals surface area (Å²) in [5.41, 5.74) is 1.83. The van der Waals surface area contributed by atoms with E-state index < -0.39 is 28.5 Å². The van der Waals surface area contributed by atoms with Crippen LogP contribution in [0.15, 0.2) is 77.7 Å². The maximum absolute atomic E-state index is 14.1. The SMILES string of the molecule is CCC(C(=O)NCC(C)C)N(Cc1ccc(OC)cc1)C(=O)CN(c1ccccc1Cl)S(=O)(=O)c1ccc(C)cc1. The van der Waals surface area contributed by atoms with Crippen LogP contribution in [0, 0.1) is 12.8 Å². The van der Waals surface area contributed by atoms with Crippen LogP contribution in [0.5, 0.6) is 5.75 Å². The van der Waals surface area contributed by atoms with Crippen molar-refractivity contribution in [3.63, 3.8) is 0 Å². The number of benzene rings is 3. The first-order chi connectivity index (χ1) is 19.5. The fourth-order valence-corrected chi connectivity index (χ4v) is 6.00. The third-order valence-corrected chi connectivity index (χ3v) is 8.68. The van der Waals surface area contributed by atoms with E-state index in [9.17, 15) is 18.0 Å². The minimum absolute atomic E-state index is 0.0271. The molecule has 41 heavy (non-hydrogen) atoms. The molecule has 0 saturated heterocycles. The molecule has 0 saturated carbocycles. The van der Waals surface area contributed by atoms with Crippen LogP contribution in [0.25, 0.3) is 0 Å². The molecule has 1 atom stereocenters. The van der Waals surface area contributed by atoms with Crippen LogP contribution < -0.4 is 14.4 Å². The Balaban J connectivity index is 2.05. The van der Waals surface area contributed by atoms with Crippen molar-refractivity contribution >= 4 is 39.1 Å². The van der Waals surface area contributed by atoms with Crippen LogP contribution in [-0.4, -0.2) is 51.4 Å². The highest BCUT2D eigenvalue weighted by Crippen LogP contribution is 2.31. The molecule has 3 aromatic carbocycles. The number of hydrogen-bond acceptors (Lipinski definition) is 5. The summed E-state index contributed by atoms with van der Waals surface area (Å²) in [6.45, 7) is 7.65. The number of carbonyl (C=O) groups is 2. The summed E-state index contributed by atoms with van der Waals surface area (Å²) in [7, 11) is -2.63. The Morgan fingerprint density at radius 2 is 1.61 bits per heavy atom. The maximum Gasteiger partial charge on any atom is 0.264 e. The molecule has 8 nitrogen and oxygen atoms in total. The lowest BCUT2D eigenvalue weighted by Gasteiger charge is -2.33. The van der Waals surface area contributed by atoms with Crippen molar-refractivity contribution in [1.82, 2.24) is 10.2 Å². The van der Waals surface area contributed by atoms with Gasteiger partial charge in [0.2, 0.25) is 11.8 Å². The van der Waals surface area contributed by atoms with E-state index >= 15 is 0 Å². The molecule has 0 spiro atoms. The first kappa shape index (κ1) is 32.0. The highest BCUT2D eigenvalue weighted by molar-refractivity contribution is 7.92. The van der Waals surface area contributed by atoms with E-state index in [1.54, 1.807) is 55.6 Å². The van der Waals surface area contributed by atoms with Crippen molar-refractivity contribution in [2.75, 3.05) is 24.5 Å². The van der Waals surface area contributed by atoms with Gasteiger partial charge in [-0.3, -0.25) is 13.9 Å².